The first kappa shape index (κ1) is 7.08. The van der Waals surface area contributed by atoms with Gasteiger partial charge in [-0.2, -0.15) is 4.37 Å². The summed E-state index contributed by atoms with van der Waals surface area (Å²) >= 11 is 0.745. The van der Waals surface area contributed by atoms with Crippen molar-refractivity contribution in [1.29, 1.82) is 0 Å². The van der Waals surface area contributed by atoms with Crippen LogP contribution in [-0.4, -0.2) is 64.9 Å². The fourth-order valence-electron chi connectivity index (χ4n) is 1.62. The van der Waals surface area contributed by atoms with Gasteiger partial charge in [-0.3, -0.25) is 0 Å². The Labute approximate surface area is 145 Å². The number of hydrogen-bond acceptors (Lipinski definition) is 8. The molecular formula is C13H24N4O3S. The Morgan fingerprint density at radius 2 is 2.29 bits per heavy atom. The predicted molar refractivity (Wildman–Crippen MR) is 82.2 cm³/mol. The fourth-order valence-corrected chi connectivity index (χ4v) is 2.13. The lowest BCUT2D eigenvalue weighted by molar-refractivity contribution is 0.0975. The molecule has 1 aliphatic rings. The number of β-amino-alcohol motifs (C(OH)–C–C–N with tert-alkyl or cyclic N) is 1. The number of nitrogens with one attached hydrogen (secondary N) is 1. The number of aliphatic hydroxyl groups excluding tert-OH is 1. The summed E-state index contributed by atoms with van der Waals surface area (Å²) in [5, 5.41) is 12.2. The maximum atomic E-state index is 10.3. The summed E-state index contributed by atoms with van der Waals surface area (Å²) < 4.78 is 102. The summed E-state index contributed by atoms with van der Waals surface area (Å²) in [5.74, 6) is -0.00108. The van der Waals surface area contributed by atoms with Crippen molar-refractivity contribution in [3.05, 3.63) is 0 Å². The van der Waals surface area contributed by atoms with Gasteiger partial charge >= 0.3 is 0 Å². The Hall–Kier alpha value is -0.960. The van der Waals surface area contributed by atoms with Crippen molar-refractivity contribution in [2.75, 3.05) is 44.3 Å². The first-order chi connectivity index (χ1) is 14.4. The van der Waals surface area contributed by atoms with Gasteiger partial charge in [-0.1, -0.05) is 0 Å². The minimum absolute atomic E-state index is 0.226. The van der Waals surface area contributed by atoms with E-state index in [0.29, 0.717) is 26.3 Å². The number of morpholine rings is 1. The molecule has 1 aliphatic heterocycles. The van der Waals surface area contributed by atoms with Crippen molar-refractivity contribution in [2.24, 2.45) is 0 Å². The summed E-state index contributed by atoms with van der Waals surface area (Å²) in [4.78, 5) is 1.74. The Bertz CT molecular complexity index is 725. The van der Waals surface area contributed by atoms with E-state index >= 15 is 0 Å². The van der Waals surface area contributed by atoms with Gasteiger partial charge in [0.25, 0.3) is 5.88 Å². The highest BCUT2D eigenvalue weighted by Crippen LogP contribution is 2.26. The molecule has 2 heterocycles. The first-order valence-electron chi connectivity index (χ1n) is 11.7. The second kappa shape index (κ2) is 7.35. The third-order valence-electron chi connectivity index (χ3n) is 2.61. The molecule has 1 aromatic heterocycles. The van der Waals surface area contributed by atoms with Crippen molar-refractivity contribution in [1.82, 2.24) is 14.1 Å². The van der Waals surface area contributed by atoms with Crippen LogP contribution in [0.15, 0.2) is 0 Å². The van der Waals surface area contributed by atoms with E-state index in [1.165, 1.54) is 0 Å². The number of rotatable bonds is 6. The number of anilines is 1. The molecule has 0 bridgehead atoms. The van der Waals surface area contributed by atoms with Gasteiger partial charge in [0, 0.05) is 37.5 Å². The normalized spacial score (nSPS) is 28.0. The van der Waals surface area contributed by atoms with Crippen molar-refractivity contribution < 1.29 is 29.7 Å². The quantitative estimate of drug-likeness (QED) is 0.787. The van der Waals surface area contributed by atoms with Crippen LogP contribution in [-0.2, 0) is 4.74 Å². The Balaban J connectivity index is 2.22. The van der Waals surface area contributed by atoms with E-state index in [2.05, 4.69) is 8.75 Å². The molecule has 0 aliphatic carbocycles. The van der Waals surface area contributed by atoms with Crippen LogP contribution in [0.5, 0.6) is 5.88 Å². The summed E-state index contributed by atoms with van der Waals surface area (Å²) in [7, 11) is 0. The second-order valence-corrected chi connectivity index (χ2v) is 4.89. The SMILES string of the molecule is [2H]C([2H])(Oc1nsnc1N1CCOCC1)[C@@H](O)CNC(C([2H])([2H])[2H])(C([2H])([2H])[2H])C([2H])([2H])[2H]. The maximum Gasteiger partial charge on any atom is 0.270 e. The molecule has 21 heavy (non-hydrogen) atoms. The van der Waals surface area contributed by atoms with Gasteiger partial charge in [0.1, 0.15) is 12.7 Å². The van der Waals surface area contributed by atoms with E-state index in [1.807, 2.05) is 5.32 Å². The van der Waals surface area contributed by atoms with Crippen LogP contribution in [0, 0.1) is 0 Å². The molecular weight excluding hydrogens is 292 g/mol. The highest BCUT2D eigenvalue weighted by molar-refractivity contribution is 6.99. The van der Waals surface area contributed by atoms with Gasteiger partial charge in [-0.15, -0.1) is 4.37 Å². The molecule has 8 heteroatoms. The van der Waals surface area contributed by atoms with Crippen molar-refractivity contribution in [3.63, 3.8) is 0 Å². The minimum Gasteiger partial charge on any atom is -0.472 e. The van der Waals surface area contributed by atoms with E-state index in [-0.39, 0.29) is 11.7 Å². The molecule has 0 unspecified atom stereocenters. The molecule has 0 radical (unpaired) electrons. The lowest BCUT2D eigenvalue weighted by Crippen LogP contribution is -2.42. The lowest BCUT2D eigenvalue weighted by atomic mass is 10.1. The zero-order valence-electron chi connectivity index (χ0n) is 22.1. The van der Waals surface area contributed by atoms with Crippen LogP contribution in [0.25, 0.3) is 0 Å². The van der Waals surface area contributed by atoms with E-state index in [4.69, 9.17) is 24.6 Å². The number of aliphatic hydroxyl groups is 1. The third kappa shape index (κ3) is 5.39. The zero-order chi connectivity index (χ0) is 24.6. The Morgan fingerprint density at radius 1 is 1.52 bits per heavy atom. The summed E-state index contributed by atoms with van der Waals surface area (Å²) in [6.07, 6.45) is -2.16. The van der Waals surface area contributed by atoms with Crippen molar-refractivity contribution in [3.8, 4) is 5.88 Å². The van der Waals surface area contributed by atoms with Crippen LogP contribution in [0.3, 0.4) is 0 Å². The molecule has 0 saturated carbocycles. The summed E-state index contributed by atoms with van der Waals surface area (Å²) in [6, 6.07) is 0. The Morgan fingerprint density at radius 3 is 3.00 bits per heavy atom. The molecule has 0 spiro atoms. The van der Waals surface area contributed by atoms with Gasteiger partial charge < -0.3 is 24.8 Å². The topological polar surface area (TPSA) is 79.7 Å². The third-order valence-corrected chi connectivity index (χ3v) is 3.11. The molecule has 2 rings (SSSR count). The smallest absolute Gasteiger partial charge is 0.270 e. The monoisotopic (exact) mass is 327 g/mol. The van der Waals surface area contributed by atoms with Crippen molar-refractivity contribution in [2.45, 2.75) is 32.2 Å². The van der Waals surface area contributed by atoms with E-state index in [0.717, 1.165) is 11.7 Å². The van der Waals surface area contributed by atoms with Gasteiger partial charge in [-0.05, 0) is 20.6 Å². The summed E-state index contributed by atoms with van der Waals surface area (Å²) in [6.45, 7) is -12.8. The van der Waals surface area contributed by atoms with Crippen LogP contribution in [0.4, 0.5) is 5.82 Å². The average Bonchev–Trinajstić information content (AvgIpc) is 3.06. The van der Waals surface area contributed by atoms with E-state index in [1.54, 1.807) is 4.90 Å². The summed E-state index contributed by atoms with van der Waals surface area (Å²) in [5.41, 5.74) is -3.41. The molecule has 1 atom stereocenters. The molecule has 1 saturated heterocycles. The predicted octanol–water partition coefficient (Wildman–Crippen LogP) is 0.502. The fraction of sp³-hybridized carbons (Fsp3) is 0.846. The molecule has 1 fully saturated rings. The maximum absolute atomic E-state index is 10.3. The van der Waals surface area contributed by atoms with Gasteiger partial charge in [0.2, 0.25) is 5.82 Å². The van der Waals surface area contributed by atoms with Crippen molar-refractivity contribution >= 4 is 17.5 Å². The van der Waals surface area contributed by atoms with Crippen LogP contribution in [0.2, 0.25) is 0 Å². The lowest BCUT2D eigenvalue weighted by Gasteiger charge is -2.27. The molecule has 0 aromatic carbocycles. The first-order valence-corrected chi connectivity index (χ1v) is 6.94. The standard InChI is InChI=1S/C13H24N4O3S/c1-13(2,3)14-8-10(18)9-20-12-11(15-21-16-12)17-4-6-19-7-5-17/h10,14,18H,4-9H2,1-3H3/t10-/m0/s1/i1D3,2D3,3D3,9D2. The highest BCUT2D eigenvalue weighted by Gasteiger charge is 2.21. The molecule has 0 amide bonds. The van der Waals surface area contributed by atoms with E-state index in [9.17, 15) is 5.11 Å². The molecule has 120 valence electrons. The zero-order valence-corrected chi connectivity index (χ0v) is 11.9. The highest BCUT2D eigenvalue weighted by atomic mass is 32.1. The van der Waals surface area contributed by atoms with E-state index < -0.39 is 45.3 Å². The van der Waals surface area contributed by atoms with Gasteiger partial charge in [0.05, 0.1) is 27.7 Å². The van der Waals surface area contributed by atoms with Gasteiger partial charge in [0.15, 0.2) is 0 Å². The molecule has 1 aromatic rings. The van der Waals surface area contributed by atoms with Crippen LogP contribution >= 0.6 is 11.7 Å². The van der Waals surface area contributed by atoms with Gasteiger partial charge in [-0.25, -0.2) is 0 Å². The number of aromatic nitrogens is 2. The van der Waals surface area contributed by atoms with Crippen LogP contribution < -0.4 is 15.0 Å². The number of ether oxygens (including phenoxy) is 2. The van der Waals surface area contributed by atoms with Crippen LogP contribution in [0.1, 0.15) is 35.6 Å². The molecule has 2 N–H and O–H groups in total. The minimum atomic E-state index is -3.54. The average molecular weight is 327 g/mol. The number of hydrogen-bond donors (Lipinski definition) is 2. The molecule has 7 nitrogen and oxygen atoms in total. The largest absolute Gasteiger partial charge is 0.472 e. The number of nitrogens with zero attached hydrogens (tertiary/aromatic N) is 3. The second-order valence-electron chi connectivity index (χ2n) is 4.36. The Kier molecular flexibility index (Phi) is 2.48.